The standard InChI is InChI=1S/C15H16N2O7/c1-22-10-6-12(24-3)11(23-2)5-8(10)4-9-14(20)17(7-13(18)19)15(21)16-9/h4-6H,7H2,1-3H3,(H,16,21)(H,18,19). The van der Waals surface area contributed by atoms with Crippen molar-refractivity contribution in [1.82, 2.24) is 10.2 Å². The molecule has 1 saturated heterocycles. The molecule has 0 spiro atoms. The van der Waals surface area contributed by atoms with Crippen molar-refractivity contribution in [2.75, 3.05) is 27.9 Å². The third-order valence-corrected chi connectivity index (χ3v) is 3.29. The van der Waals surface area contributed by atoms with E-state index in [9.17, 15) is 14.4 Å². The first kappa shape index (κ1) is 17.1. The quantitative estimate of drug-likeness (QED) is 0.580. The Morgan fingerprint density at radius 3 is 2.25 bits per heavy atom. The molecule has 0 aromatic heterocycles. The molecule has 128 valence electrons. The molecule has 0 unspecified atom stereocenters. The van der Waals surface area contributed by atoms with Crippen molar-refractivity contribution in [3.8, 4) is 17.2 Å². The number of urea groups is 1. The van der Waals surface area contributed by atoms with Gasteiger partial charge in [-0.15, -0.1) is 0 Å². The minimum Gasteiger partial charge on any atom is -0.496 e. The lowest BCUT2D eigenvalue weighted by molar-refractivity contribution is -0.140. The minimum absolute atomic E-state index is 0.0632. The Bertz CT molecular complexity index is 727. The van der Waals surface area contributed by atoms with E-state index >= 15 is 0 Å². The van der Waals surface area contributed by atoms with Crippen molar-refractivity contribution in [1.29, 1.82) is 0 Å². The SMILES string of the molecule is COc1cc(OC)c(OC)cc1C=C1NC(=O)N(CC(=O)O)C1=O. The van der Waals surface area contributed by atoms with Crippen molar-refractivity contribution in [2.45, 2.75) is 0 Å². The van der Waals surface area contributed by atoms with Gasteiger partial charge < -0.3 is 24.6 Å². The van der Waals surface area contributed by atoms with Gasteiger partial charge in [-0.25, -0.2) is 9.69 Å². The topological polar surface area (TPSA) is 114 Å². The second-order valence-electron chi connectivity index (χ2n) is 4.72. The zero-order valence-electron chi connectivity index (χ0n) is 13.3. The van der Waals surface area contributed by atoms with E-state index in [1.54, 1.807) is 12.1 Å². The van der Waals surface area contributed by atoms with E-state index in [0.717, 1.165) is 0 Å². The number of hydrogen-bond acceptors (Lipinski definition) is 6. The number of amides is 3. The van der Waals surface area contributed by atoms with Crippen LogP contribution in [0.25, 0.3) is 6.08 Å². The molecule has 1 heterocycles. The lowest BCUT2D eigenvalue weighted by atomic mass is 10.1. The fourth-order valence-corrected chi connectivity index (χ4v) is 2.17. The predicted molar refractivity (Wildman–Crippen MR) is 82.0 cm³/mol. The molecule has 1 aliphatic heterocycles. The molecule has 24 heavy (non-hydrogen) atoms. The number of carboxylic acids is 1. The number of aliphatic carboxylic acids is 1. The van der Waals surface area contributed by atoms with Gasteiger partial charge in [0.1, 0.15) is 18.0 Å². The molecule has 0 aliphatic carbocycles. The van der Waals surface area contributed by atoms with E-state index in [0.29, 0.717) is 27.7 Å². The van der Waals surface area contributed by atoms with Gasteiger partial charge in [-0.2, -0.15) is 0 Å². The Kier molecular flexibility index (Phi) is 4.93. The van der Waals surface area contributed by atoms with Crippen LogP contribution in [-0.2, 0) is 9.59 Å². The second kappa shape index (κ2) is 6.90. The van der Waals surface area contributed by atoms with Gasteiger partial charge in [0.25, 0.3) is 5.91 Å². The molecule has 9 nitrogen and oxygen atoms in total. The van der Waals surface area contributed by atoms with E-state index in [4.69, 9.17) is 19.3 Å². The summed E-state index contributed by atoms with van der Waals surface area (Å²) in [5.74, 6) is -0.795. The molecular weight excluding hydrogens is 320 g/mol. The van der Waals surface area contributed by atoms with Crippen molar-refractivity contribution in [3.63, 3.8) is 0 Å². The van der Waals surface area contributed by atoms with Crippen molar-refractivity contribution < 1.29 is 33.7 Å². The minimum atomic E-state index is -1.29. The van der Waals surface area contributed by atoms with Crippen LogP contribution >= 0.6 is 0 Å². The summed E-state index contributed by atoms with van der Waals surface area (Å²) in [6.07, 6.45) is 1.38. The number of rotatable bonds is 6. The van der Waals surface area contributed by atoms with Crippen molar-refractivity contribution in [2.24, 2.45) is 0 Å². The molecule has 0 bridgehead atoms. The van der Waals surface area contributed by atoms with Crippen molar-refractivity contribution >= 4 is 24.0 Å². The molecule has 0 radical (unpaired) electrons. The number of nitrogens with one attached hydrogen (secondary N) is 1. The third-order valence-electron chi connectivity index (χ3n) is 3.29. The van der Waals surface area contributed by atoms with Crippen LogP contribution in [-0.4, -0.2) is 55.8 Å². The molecule has 0 atom stereocenters. The summed E-state index contributed by atoms with van der Waals surface area (Å²) in [4.78, 5) is 35.2. The number of carboxylic acid groups (broad SMARTS) is 1. The van der Waals surface area contributed by atoms with Crippen LogP contribution in [0.1, 0.15) is 5.56 Å². The maximum absolute atomic E-state index is 12.1. The first-order valence-corrected chi connectivity index (χ1v) is 6.77. The number of imide groups is 1. The maximum Gasteiger partial charge on any atom is 0.329 e. The lowest BCUT2D eigenvalue weighted by Gasteiger charge is -2.12. The molecule has 2 rings (SSSR count). The summed E-state index contributed by atoms with van der Waals surface area (Å²) in [5.41, 5.74) is 0.391. The third kappa shape index (κ3) is 3.24. The summed E-state index contributed by atoms with van der Waals surface area (Å²) in [6, 6.07) is 2.35. The fourth-order valence-electron chi connectivity index (χ4n) is 2.17. The zero-order valence-corrected chi connectivity index (χ0v) is 13.3. The van der Waals surface area contributed by atoms with Gasteiger partial charge in [0.05, 0.1) is 21.3 Å². The van der Waals surface area contributed by atoms with Crippen LogP contribution in [0.4, 0.5) is 4.79 Å². The highest BCUT2D eigenvalue weighted by molar-refractivity contribution is 6.15. The smallest absolute Gasteiger partial charge is 0.329 e. The van der Waals surface area contributed by atoms with Crippen LogP contribution in [0.2, 0.25) is 0 Å². The maximum atomic E-state index is 12.1. The number of carbonyl (C=O) groups excluding carboxylic acids is 2. The Balaban J connectivity index is 2.42. The highest BCUT2D eigenvalue weighted by Crippen LogP contribution is 2.35. The van der Waals surface area contributed by atoms with Crippen LogP contribution in [0, 0.1) is 0 Å². The summed E-state index contributed by atoms with van der Waals surface area (Å²) in [7, 11) is 4.37. The van der Waals surface area contributed by atoms with Crippen molar-refractivity contribution in [3.05, 3.63) is 23.4 Å². The average Bonchev–Trinajstić information content (AvgIpc) is 2.81. The number of nitrogens with zero attached hydrogens (tertiary/aromatic N) is 1. The van der Waals surface area contributed by atoms with Crippen LogP contribution in [0.5, 0.6) is 17.2 Å². The van der Waals surface area contributed by atoms with Gasteiger partial charge in [0.2, 0.25) is 0 Å². The largest absolute Gasteiger partial charge is 0.496 e. The molecule has 9 heteroatoms. The molecule has 1 aromatic rings. The highest BCUT2D eigenvalue weighted by atomic mass is 16.5. The summed E-state index contributed by atoms with van der Waals surface area (Å²) >= 11 is 0. The number of methoxy groups -OCH3 is 3. The van der Waals surface area contributed by atoms with Crippen LogP contribution < -0.4 is 19.5 Å². The molecule has 2 N–H and O–H groups in total. The number of carbonyl (C=O) groups is 3. The summed E-state index contributed by atoms with van der Waals surface area (Å²) in [5, 5.41) is 11.1. The van der Waals surface area contributed by atoms with Gasteiger partial charge >= 0.3 is 12.0 Å². The fraction of sp³-hybridized carbons (Fsp3) is 0.267. The van der Waals surface area contributed by atoms with Gasteiger partial charge in [0, 0.05) is 11.6 Å². The first-order chi connectivity index (χ1) is 11.4. The molecule has 1 fully saturated rings. The second-order valence-corrected chi connectivity index (χ2v) is 4.72. The van der Waals surface area contributed by atoms with E-state index in [2.05, 4.69) is 5.32 Å². The summed E-state index contributed by atoms with van der Waals surface area (Å²) in [6.45, 7) is -0.717. The first-order valence-electron chi connectivity index (χ1n) is 6.77. The predicted octanol–water partition coefficient (Wildman–Crippen LogP) is 0.690. The van der Waals surface area contributed by atoms with Crippen LogP contribution in [0.3, 0.4) is 0 Å². The Labute approximate surface area is 137 Å². The van der Waals surface area contributed by atoms with Gasteiger partial charge in [0.15, 0.2) is 11.5 Å². The van der Waals surface area contributed by atoms with Gasteiger partial charge in [-0.05, 0) is 12.1 Å². The Morgan fingerprint density at radius 1 is 1.12 bits per heavy atom. The van der Waals surface area contributed by atoms with E-state index < -0.39 is 24.5 Å². The Morgan fingerprint density at radius 2 is 1.71 bits per heavy atom. The molecule has 1 aliphatic rings. The molecule has 0 saturated carbocycles. The Hall–Kier alpha value is -3.23. The number of hydrogen-bond donors (Lipinski definition) is 2. The highest BCUT2D eigenvalue weighted by Gasteiger charge is 2.35. The lowest BCUT2D eigenvalue weighted by Crippen LogP contribution is -2.35. The monoisotopic (exact) mass is 336 g/mol. The summed E-state index contributed by atoms with van der Waals surface area (Å²) < 4.78 is 15.6. The van der Waals surface area contributed by atoms with Gasteiger partial charge in [-0.1, -0.05) is 0 Å². The van der Waals surface area contributed by atoms with Gasteiger partial charge in [-0.3, -0.25) is 9.59 Å². The van der Waals surface area contributed by atoms with Crippen LogP contribution in [0.15, 0.2) is 17.8 Å². The molecular formula is C15H16N2O7. The number of benzene rings is 1. The zero-order chi connectivity index (χ0) is 17.9. The normalized spacial score (nSPS) is 15.5. The van der Waals surface area contributed by atoms with E-state index in [1.807, 2.05) is 0 Å². The number of ether oxygens (including phenoxy) is 3. The van der Waals surface area contributed by atoms with E-state index in [-0.39, 0.29) is 5.70 Å². The average molecular weight is 336 g/mol. The molecule has 1 aromatic carbocycles. The molecule has 3 amide bonds. The van der Waals surface area contributed by atoms with E-state index in [1.165, 1.54) is 27.4 Å².